The van der Waals surface area contributed by atoms with Gasteiger partial charge >= 0.3 is 0 Å². The standard InChI is InChI=1S/C30H35N5O4/c1-22(9-5-7-16-33-21-24(15-18-36)31-32-33)30(39)26-19-25(34-17-8-6-12-28(34)37)13-14-27(26)35(29(30)38)20-23-10-3-2-4-11-23/h2-5,9-11,13-14,19,21-22,36,39H,6-8,12,15-18,20H2,1H3/b9-5+/t22-,30+/m1/s1. The Morgan fingerprint density at radius 1 is 1.13 bits per heavy atom. The Morgan fingerprint density at radius 3 is 2.72 bits per heavy atom. The summed E-state index contributed by atoms with van der Waals surface area (Å²) in [6, 6.07) is 15.3. The predicted octanol–water partition coefficient (Wildman–Crippen LogP) is 3.35. The molecule has 3 aromatic rings. The Hall–Kier alpha value is -3.82. The number of rotatable bonds is 10. The van der Waals surface area contributed by atoms with Crippen molar-refractivity contribution < 1.29 is 19.8 Å². The summed E-state index contributed by atoms with van der Waals surface area (Å²) in [5.74, 6) is -0.818. The molecular weight excluding hydrogens is 494 g/mol. The van der Waals surface area contributed by atoms with Crippen LogP contribution in [0.2, 0.25) is 0 Å². The van der Waals surface area contributed by atoms with Crippen LogP contribution in [0.5, 0.6) is 0 Å². The molecule has 1 saturated heterocycles. The zero-order valence-corrected chi connectivity index (χ0v) is 22.2. The van der Waals surface area contributed by atoms with Gasteiger partial charge in [-0.2, -0.15) is 0 Å². The van der Waals surface area contributed by atoms with Gasteiger partial charge in [0.2, 0.25) is 5.91 Å². The molecule has 3 heterocycles. The number of carbonyl (C=O) groups excluding carboxylic acids is 2. The average molecular weight is 530 g/mol. The normalized spacial score (nSPS) is 20.2. The van der Waals surface area contributed by atoms with Crippen LogP contribution in [0.4, 0.5) is 11.4 Å². The fraction of sp³-hybridized carbons (Fsp3) is 0.400. The van der Waals surface area contributed by atoms with Crippen molar-refractivity contribution in [2.75, 3.05) is 23.0 Å². The Balaban J connectivity index is 1.41. The Bertz CT molecular complexity index is 1350. The van der Waals surface area contributed by atoms with Crippen molar-refractivity contribution in [1.82, 2.24) is 15.0 Å². The molecule has 9 heteroatoms. The second-order valence-corrected chi connectivity index (χ2v) is 10.3. The highest BCUT2D eigenvalue weighted by atomic mass is 16.3. The summed E-state index contributed by atoms with van der Waals surface area (Å²) >= 11 is 0. The molecule has 2 aliphatic heterocycles. The topological polar surface area (TPSA) is 112 Å². The molecule has 0 bridgehead atoms. The van der Waals surface area contributed by atoms with Crippen LogP contribution in [0.3, 0.4) is 0 Å². The molecule has 0 aliphatic carbocycles. The van der Waals surface area contributed by atoms with E-state index in [9.17, 15) is 14.7 Å². The molecule has 2 N–H and O–H groups in total. The summed E-state index contributed by atoms with van der Waals surface area (Å²) in [5, 5.41) is 29.3. The highest BCUT2D eigenvalue weighted by Gasteiger charge is 2.52. The maximum atomic E-state index is 13.9. The van der Waals surface area contributed by atoms with Crippen LogP contribution in [0.25, 0.3) is 0 Å². The van der Waals surface area contributed by atoms with Gasteiger partial charge in [0.15, 0.2) is 5.60 Å². The number of aliphatic hydroxyl groups is 2. The minimum atomic E-state index is -1.77. The van der Waals surface area contributed by atoms with Gasteiger partial charge in [-0.15, -0.1) is 5.10 Å². The van der Waals surface area contributed by atoms with Gasteiger partial charge in [-0.05, 0) is 43.0 Å². The molecule has 0 unspecified atom stereocenters. The molecule has 0 spiro atoms. The van der Waals surface area contributed by atoms with Crippen molar-refractivity contribution in [1.29, 1.82) is 0 Å². The van der Waals surface area contributed by atoms with E-state index in [2.05, 4.69) is 10.3 Å². The number of amides is 2. The molecule has 9 nitrogen and oxygen atoms in total. The molecule has 2 aliphatic rings. The minimum absolute atomic E-state index is 0.0269. The number of allylic oxidation sites excluding steroid dienone is 1. The van der Waals surface area contributed by atoms with Gasteiger partial charge in [0, 0.05) is 55.9 Å². The summed E-state index contributed by atoms with van der Waals surface area (Å²) in [7, 11) is 0. The predicted molar refractivity (Wildman–Crippen MR) is 148 cm³/mol. The molecule has 1 fully saturated rings. The number of hydrogen-bond acceptors (Lipinski definition) is 6. The average Bonchev–Trinajstić information content (AvgIpc) is 3.48. The summed E-state index contributed by atoms with van der Waals surface area (Å²) < 4.78 is 1.72. The van der Waals surface area contributed by atoms with Crippen molar-refractivity contribution >= 4 is 23.2 Å². The molecule has 2 aromatic carbocycles. The van der Waals surface area contributed by atoms with Crippen LogP contribution in [-0.2, 0) is 34.7 Å². The maximum absolute atomic E-state index is 13.9. The molecule has 2 amide bonds. The van der Waals surface area contributed by atoms with Crippen LogP contribution < -0.4 is 9.80 Å². The number of hydrogen-bond donors (Lipinski definition) is 2. The minimum Gasteiger partial charge on any atom is -0.396 e. The Morgan fingerprint density at radius 2 is 1.95 bits per heavy atom. The molecule has 39 heavy (non-hydrogen) atoms. The van der Waals surface area contributed by atoms with E-state index < -0.39 is 11.5 Å². The largest absolute Gasteiger partial charge is 0.396 e. The molecule has 5 rings (SSSR count). The van der Waals surface area contributed by atoms with Crippen LogP contribution in [0.1, 0.15) is 49.4 Å². The second-order valence-electron chi connectivity index (χ2n) is 10.3. The summed E-state index contributed by atoms with van der Waals surface area (Å²) in [6.07, 6.45) is 9.05. The quantitative estimate of drug-likeness (QED) is 0.390. The SMILES string of the molecule is C[C@H](/C=C/CCn1cc(CCO)nn1)[C@@]1(O)C(=O)N(Cc2ccccc2)c2ccc(N3CCCCC3=O)cc21. The number of fused-ring (bicyclic) bond motifs is 1. The van der Waals surface area contributed by atoms with Gasteiger partial charge in [-0.3, -0.25) is 14.3 Å². The van der Waals surface area contributed by atoms with E-state index in [-0.39, 0.29) is 18.4 Å². The summed E-state index contributed by atoms with van der Waals surface area (Å²) in [4.78, 5) is 30.0. The smallest absolute Gasteiger partial charge is 0.264 e. The Labute approximate surface area is 228 Å². The molecule has 0 radical (unpaired) electrons. The van der Waals surface area contributed by atoms with E-state index in [1.165, 1.54) is 0 Å². The van der Waals surface area contributed by atoms with E-state index in [0.717, 1.165) is 24.1 Å². The first kappa shape index (κ1) is 26.8. The number of aliphatic hydroxyl groups excluding tert-OH is 1. The van der Waals surface area contributed by atoms with E-state index in [4.69, 9.17) is 5.11 Å². The van der Waals surface area contributed by atoms with Crippen molar-refractivity contribution in [3.8, 4) is 0 Å². The number of anilines is 2. The highest BCUT2D eigenvalue weighted by Crippen LogP contribution is 2.47. The number of nitrogens with zero attached hydrogens (tertiary/aromatic N) is 5. The Kier molecular flexibility index (Phi) is 7.90. The van der Waals surface area contributed by atoms with E-state index in [0.29, 0.717) is 55.8 Å². The van der Waals surface area contributed by atoms with Gasteiger partial charge < -0.3 is 20.0 Å². The molecule has 2 atom stereocenters. The zero-order valence-electron chi connectivity index (χ0n) is 22.2. The van der Waals surface area contributed by atoms with Crippen molar-refractivity contribution in [3.63, 3.8) is 0 Å². The van der Waals surface area contributed by atoms with Crippen LogP contribution in [0, 0.1) is 5.92 Å². The summed E-state index contributed by atoms with van der Waals surface area (Å²) in [5.41, 5.74) is 1.84. The van der Waals surface area contributed by atoms with E-state index in [1.54, 1.807) is 14.5 Å². The van der Waals surface area contributed by atoms with Gasteiger partial charge in [0.25, 0.3) is 5.91 Å². The lowest BCUT2D eigenvalue weighted by molar-refractivity contribution is -0.139. The first-order chi connectivity index (χ1) is 18.9. The first-order valence-corrected chi connectivity index (χ1v) is 13.6. The van der Waals surface area contributed by atoms with Gasteiger partial charge in [-0.25, -0.2) is 0 Å². The molecule has 204 valence electrons. The lowest BCUT2D eigenvalue weighted by Crippen LogP contribution is -2.44. The number of aryl methyl sites for hydroxylation is 1. The third-order valence-corrected chi connectivity index (χ3v) is 7.63. The van der Waals surface area contributed by atoms with Gasteiger partial charge in [0.05, 0.1) is 17.9 Å². The van der Waals surface area contributed by atoms with E-state index in [1.807, 2.05) is 73.8 Å². The molecular formula is C30H35N5O4. The van der Waals surface area contributed by atoms with Crippen LogP contribution >= 0.6 is 0 Å². The number of piperidine rings is 1. The number of carbonyl (C=O) groups is 2. The number of aromatic nitrogens is 3. The number of benzene rings is 2. The van der Waals surface area contributed by atoms with E-state index >= 15 is 0 Å². The summed E-state index contributed by atoms with van der Waals surface area (Å²) in [6.45, 7) is 3.44. The van der Waals surface area contributed by atoms with Gasteiger partial charge in [-0.1, -0.05) is 54.6 Å². The van der Waals surface area contributed by atoms with Gasteiger partial charge in [0.1, 0.15) is 0 Å². The lowest BCUT2D eigenvalue weighted by Gasteiger charge is -2.30. The monoisotopic (exact) mass is 529 g/mol. The zero-order chi connectivity index (χ0) is 27.4. The third kappa shape index (κ3) is 5.37. The molecule has 0 saturated carbocycles. The first-order valence-electron chi connectivity index (χ1n) is 13.6. The maximum Gasteiger partial charge on any atom is 0.264 e. The van der Waals surface area contributed by atoms with Crippen LogP contribution in [-0.4, -0.2) is 50.2 Å². The second kappa shape index (κ2) is 11.5. The molecule has 1 aromatic heterocycles. The van der Waals surface area contributed by atoms with Crippen molar-refractivity contribution in [2.24, 2.45) is 5.92 Å². The van der Waals surface area contributed by atoms with Crippen LogP contribution in [0.15, 0.2) is 66.9 Å². The highest BCUT2D eigenvalue weighted by molar-refractivity contribution is 6.08. The lowest BCUT2D eigenvalue weighted by atomic mass is 9.82. The third-order valence-electron chi connectivity index (χ3n) is 7.63. The van der Waals surface area contributed by atoms with Crippen molar-refractivity contribution in [3.05, 3.63) is 83.7 Å². The fourth-order valence-corrected chi connectivity index (χ4v) is 5.43. The fourth-order valence-electron chi connectivity index (χ4n) is 5.43. The van der Waals surface area contributed by atoms with Crippen molar-refractivity contribution in [2.45, 2.75) is 57.7 Å².